The Morgan fingerprint density at radius 1 is 1.24 bits per heavy atom. The van der Waals surface area contributed by atoms with Gasteiger partial charge in [0, 0.05) is 20.2 Å². The van der Waals surface area contributed by atoms with Crippen LogP contribution in [-0.2, 0) is 12.7 Å². The second-order valence-corrected chi connectivity index (χ2v) is 6.21. The van der Waals surface area contributed by atoms with Crippen molar-refractivity contribution in [2.45, 2.75) is 12.7 Å². The van der Waals surface area contributed by atoms with Crippen molar-refractivity contribution in [2.24, 2.45) is 0 Å². The van der Waals surface area contributed by atoms with Crippen LogP contribution in [0.5, 0.6) is 0 Å². The minimum atomic E-state index is -4.55. The summed E-state index contributed by atoms with van der Waals surface area (Å²) >= 11 is 1.49. The zero-order chi connectivity index (χ0) is 18.0. The van der Waals surface area contributed by atoms with Crippen LogP contribution in [0.2, 0.25) is 0 Å². The highest BCUT2D eigenvalue weighted by molar-refractivity contribution is 7.13. The molecule has 11 heteroatoms. The molecule has 0 unspecified atom stereocenters. The van der Waals surface area contributed by atoms with Gasteiger partial charge in [-0.3, -0.25) is 5.10 Å². The highest BCUT2D eigenvalue weighted by Crippen LogP contribution is 2.30. The van der Waals surface area contributed by atoms with Gasteiger partial charge in [0.25, 0.3) is 0 Å². The van der Waals surface area contributed by atoms with E-state index >= 15 is 0 Å². The van der Waals surface area contributed by atoms with Gasteiger partial charge in [0.05, 0.1) is 11.4 Å². The van der Waals surface area contributed by atoms with Crippen molar-refractivity contribution < 1.29 is 13.2 Å². The van der Waals surface area contributed by atoms with E-state index in [-0.39, 0.29) is 18.3 Å². The van der Waals surface area contributed by atoms with E-state index in [1.807, 2.05) is 17.5 Å². The Hall–Kier alpha value is -2.69. The third kappa shape index (κ3) is 4.05. The maximum absolute atomic E-state index is 13.0. The maximum atomic E-state index is 13.0. The largest absolute Gasteiger partial charge is 0.433 e. The fourth-order valence-electron chi connectivity index (χ4n) is 1.94. The number of thiophene rings is 1. The summed E-state index contributed by atoms with van der Waals surface area (Å²) in [6.07, 6.45) is -4.55. The Bertz CT molecular complexity index is 842. The fraction of sp³-hybridized carbons (Fsp3) is 0.286. The van der Waals surface area contributed by atoms with E-state index in [1.165, 1.54) is 16.2 Å². The van der Waals surface area contributed by atoms with Gasteiger partial charge >= 0.3 is 6.18 Å². The first-order chi connectivity index (χ1) is 11.8. The van der Waals surface area contributed by atoms with Gasteiger partial charge in [0.15, 0.2) is 11.5 Å². The smallest absolute Gasteiger partial charge is 0.363 e. The summed E-state index contributed by atoms with van der Waals surface area (Å²) in [6.45, 7) is 0.118. The molecule has 2 N–H and O–H groups in total. The normalized spacial score (nSPS) is 11.6. The Labute approximate surface area is 145 Å². The standard InChI is InChI=1S/C14H14F3N7S/c1-24(2)11-6-9(14(15,16)17)19-13(21-11)18-7-10-20-12(23-22-10)8-4-3-5-25-8/h3-6H,7H2,1-2H3,(H,18,19,21)(H,20,22,23). The highest BCUT2D eigenvalue weighted by Gasteiger charge is 2.34. The number of hydrogen-bond donors (Lipinski definition) is 2. The molecule has 0 atom stereocenters. The molecule has 0 saturated heterocycles. The Morgan fingerprint density at radius 3 is 2.68 bits per heavy atom. The fourth-order valence-corrected chi connectivity index (χ4v) is 2.60. The van der Waals surface area contributed by atoms with Gasteiger partial charge in [-0.1, -0.05) is 6.07 Å². The average molecular weight is 369 g/mol. The number of aromatic amines is 1. The quantitative estimate of drug-likeness (QED) is 0.719. The summed E-state index contributed by atoms with van der Waals surface area (Å²) in [5.74, 6) is 1.02. The highest BCUT2D eigenvalue weighted by atomic mass is 32.1. The summed E-state index contributed by atoms with van der Waals surface area (Å²) in [7, 11) is 3.21. The number of alkyl halides is 3. The number of aromatic nitrogens is 5. The Morgan fingerprint density at radius 2 is 2.04 bits per heavy atom. The maximum Gasteiger partial charge on any atom is 0.433 e. The van der Waals surface area contributed by atoms with Crippen LogP contribution in [0.3, 0.4) is 0 Å². The molecule has 0 aliphatic heterocycles. The molecule has 0 bridgehead atoms. The second kappa shape index (κ2) is 6.67. The molecule has 0 spiro atoms. The molecule has 3 rings (SSSR count). The molecule has 0 aliphatic rings. The summed E-state index contributed by atoms with van der Waals surface area (Å²) in [5.41, 5.74) is -1.01. The van der Waals surface area contributed by atoms with Gasteiger partial charge in [-0.25, -0.2) is 9.97 Å². The van der Waals surface area contributed by atoms with Crippen molar-refractivity contribution >= 4 is 23.1 Å². The number of hydrogen-bond acceptors (Lipinski definition) is 7. The van der Waals surface area contributed by atoms with E-state index in [0.29, 0.717) is 11.6 Å². The topological polar surface area (TPSA) is 82.6 Å². The number of halogens is 3. The van der Waals surface area contributed by atoms with Crippen molar-refractivity contribution in [3.63, 3.8) is 0 Å². The van der Waals surface area contributed by atoms with E-state index in [0.717, 1.165) is 10.9 Å². The van der Waals surface area contributed by atoms with E-state index in [1.54, 1.807) is 14.1 Å². The molecular formula is C14H14F3N7S. The number of rotatable bonds is 5. The monoisotopic (exact) mass is 369 g/mol. The predicted octanol–water partition coefficient (Wildman–Crippen LogP) is 3.02. The third-order valence-corrected chi connectivity index (χ3v) is 4.01. The van der Waals surface area contributed by atoms with Crippen LogP contribution in [0, 0.1) is 0 Å². The lowest BCUT2D eigenvalue weighted by atomic mass is 10.3. The summed E-state index contributed by atoms with van der Waals surface area (Å²) in [6, 6.07) is 4.66. The summed E-state index contributed by atoms with van der Waals surface area (Å²) in [5, 5.41) is 11.5. The third-order valence-electron chi connectivity index (χ3n) is 3.15. The van der Waals surface area contributed by atoms with Crippen molar-refractivity contribution in [3.05, 3.63) is 35.1 Å². The lowest BCUT2D eigenvalue weighted by Gasteiger charge is -2.15. The number of anilines is 2. The summed E-state index contributed by atoms with van der Waals surface area (Å²) in [4.78, 5) is 14.3. The molecule has 0 saturated carbocycles. The van der Waals surface area contributed by atoms with Crippen molar-refractivity contribution in [3.8, 4) is 10.7 Å². The minimum absolute atomic E-state index is 0.118. The first kappa shape index (κ1) is 17.1. The molecule has 7 nitrogen and oxygen atoms in total. The molecule has 3 aromatic heterocycles. The SMILES string of the molecule is CN(C)c1cc(C(F)(F)F)nc(NCc2nc(-c3cccs3)n[nH]2)n1. The van der Waals surface area contributed by atoms with Crippen molar-refractivity contribution in [1.29, 1.82) is 0 Å². The number of H-pyrrole nitrogens is 1. The van der Waals surface area contributed by atoms with Crippen LogP contribution in [0.4, 0.5) is 24.9 Å². The zero-order valence-corrected chi connectivity index (χ0v) is 14.1. The van der Waals surface area contributed by atoms with Gasteiger partial charge in [0.2, 0.25) is 5.95 Å². The molecule has 0 aromatic carbocycles. The molecule has 0 radical (unpaired) electrons. The molecule has 3 heterocycles. The second-order valence-electron chi connectivity index (χ2n) is 5.26. The van der Waals surface area contributed by atoms with Crippen LogP contribution in [0.1, 0.15) is 11.5 Å². The lowest BCUT2D eigenvalue weighted by molar-refractivity contribution is -0.141. The summed E-state index contributed by atoms with van der Waals surface area (Å²) < 4.78 is 38.9. The van der Waals surface area contributed by atoms with Crippen LogP contribution in [-0.4, -0.2) is 39.2 Å². The van der Waals surface area contributed by atoms with Crippen molar-refractivity contribution in [2.75, 3.05) is 24.3 Å². The number of nitrogens with zero attached hydrogens (tertiary/aromatic N) is 5. The molecule has 3 aromatic rings. The van der Waals surface area contributed by atoms with Gasteiger partial charge in [-0.15, -0.1) is 11.3 Å². The lowest BCUT2D eigenvalue weighted by Crippen LogP contribution is -2.17. The minimum Gasteiger partial charge on any atom is -0.363 e. The van der Waals surface area contributed by atoms with Crippen LogP contribution >= 0.6 is 11.3 Å². The van der Waals surface area contributed by atoms with Crippen molar-refractivity contribution in [1.82, 2.24) is 25.1 Å². The average Bonchev–Trinajstić information content (AvgIpc) is 3.23. The van der Waals surface area contributed by atoms with Gasteiger partial charge in [-0.2, -0.15) is 23.3 Å². The zero-order valence-electron chi connectivity index (χ0n) is 13.3. The molecule has 0 amide bonds. The molecule has 0 aliphatic carbocycles. The van der Waals surface area contributed by atoms with Crippen LogP contribution in [0.25, 0.3) is 10.7 Å². The van der Waals surface area contributed by atoms with Crippen LogP contribution < -0.4 is 10.2 Å². The first-order valence-corrected chi connectivity index (χ1v) is 8.03. The van der Waals surface area contributed by atoms with Gasteiger partial charge < -0.3 is 10.2 Å². The van der Waals surface area contributed by atoms with E-state index in [9.17, 15) is 13.2 Å². The molecular weight excluding hydrogens is 355 g/mol. The predicted molar refractivity (Wildman–Crippen MR) is 88.4 cm³/mol. The molecule has 132 valence electrons. The number of nitrogens with one attached hydrogen (secondary N) is 2. The van der Waals surface area contributed by atoms with E-state index in [2.05, 4.69) is 30.5 Å². The van der Waals surface area contributed by atoms with E-state index < -0.39 is 11.9 Å². The Balaban J connectivity index is 1.77. The van der Waals surface area contributed by atoms with E-state index in [4.69, 9.17) is 0 Å². The van der Waals surface area contributed by atoms with Gasteiger partial charge in [0.1, 0.15) is 11.6 Å². The molecule has 0 fully saturated rings. The van der Waals surface area contributed by atoms with Gasteiger partial charge in [-0.05, 0) is 11.4 Å². The van der Waals surface area contributed by atoms with Crippen LogP contribution in [0.15, 0.2) is 23.6 Å². The Kier molecular flexibility index (Phi) is 4.57. The first-order valence-electron chi connectivity index (χ1n) is 7.15. The molecule has 25 heavy (non-hydrogen) atoms.